The van der Waals surface area contributed by atoms with E-state index in [0.29, 0.717) is 11.5 Å². The SMILES string of the molecule is CCCCc1ccc2c(c1)oc1c3c4c(cc12)B1c2cccc(-c5ccccc5)c2Oc2cc5c6c(c21)N4c1c(cc2c(oc4cc(CCCC)ccc42)c1O3)B6c1cccc(-c2ccccc2)c1O5. The van der Waals surface area contributed by atoms with Crippen molar-refractivity contribution in [3.63, 3.8) is 0 Å². The Kier molecular flexibility index (Phi) is 7.90. The van der Waals surface area contributed by atoms with Crippen LogP contribution in [0, 0.1) is 0 Å². The van der Waals surface area contributed by atoms with E-state index in [1.807, 2.05) is 0 Å². The van der Waals surface area contributed by atoms with E-state index in [-0.39, 0.29) is 13.4 Å². The number of fused-ring (bicyclic) bond motifs is 14. The van der Waals surface area contributed by atoms with E-state index in [1.54, 1.807) is 0 Å². The quantitative estimate of drug-likeness (QED) is 0.142. The Morgan fingerprint density at radius 3 is 1.37 bits per heavy atom. The van der Waals surface area contributed by atoms with Gasteiger partial charge in [-0.05, 0) is 92.8 Å². The molecule has 0 aliphatic carbocycles. The third-order valence-electron chi connectivity index (χ3n) is 15.9. The van der Waals surface area contributed by atoms with E-state index in [1.165, 1.54) is 11.1 Å². The van der Waals surface area contributed by atoms with Crippen LogP contribution in [0.15, 0.2) is 160 Å². The number of nitrogens with zero attached hydrogens (tertiary/aromatic N) is 1. The first-order valence-electron chi connectivity index (χ1n) is 25.1. The van der Waals surface area contributed by atoms with Crippen molar-refractivity contribution in [2.24, 2.45) is 0 Å². The van der Waals surface area contributed by atoms with E-state index in [4.69, 9.17) is 23.0 Å². The molecule has 0 saturated heterocycles. The summed E-state index contributed by atoms with van der Waals surface area (Å²) in [5.41, 5.74) is 19.9. The minimum Gasteiger partial charge on any atom is -0.458 e. The topological polar surface area (TPSA) is 57.2 Å². The molecule has 0 fully saturated rings. The number of furan rings is 2. The standard InChI is InChI=1S/C62H43B2NO5/c1-3-5-15-34-25-27-40-42-31-46-54-61(59(42)66-48(40)29-34)70-62-55-47(32-43-41-28-26-35(16-6-4-2)30-49(41)67-60(43)62)64-45-24-14-22-39(37-19-11-8-12-20-37)58(45)69-51-33-50-52(56(53(51)64)65(54)55)63(46)44-23-13-21-38(57(44)68-50)36-17-9-7-10-18-36/h7-14,17-33H,3-6,15-16H2,1-2H3. The first-order valence-corrected chi connectivity index (χ1v) is 25.1. The lowest BCUT2D eigenvalue weighted by atomic mass is 9.29. The second-order valence-corrected chi connectivity index (χ2v) is 19.8. The molecule has 2 aromatic heterocycles. The highest BCUT2D eigenvalue weighted by Gasteiger charge is 2.55. The van der Waals surface area contributed by atoms with Crippen LogP contribution in [0.1, 0.15) is 50.7 Å². The molecule has 16 rings (SSSR count). The molecule has 0 amide bonds. The van der Waals surface area contributed by atoms with Crippen molar-refractivity contribution in [1.29, 1.82) is 0 Å². The van der Waals surface area contributed by atoms with Crippen molar-refractivity contribution in [1.82, 2.24) is 0 Å². The Bertz CT molecular complexity index is 3840. The maximum atomic E-state index is 7.68. The minimum absolute atomic E-state index is 0.202. The first kappa shape index (κ1) is 38.8. The Morgan fingerprint density at radius 2 is 0.900 bits per heavy atom. The summed E-state index contributed by atoms with van der Waals surface area (Å²) in [7, 11) is 0. The molecule has 11 aromatic rings. The van der Waals surface area contributed by atoms with Gasteiger partial charge in [-0.25, -0.2) is 0 Å². The van der Waals surface area contributed by atoms with Gasteiger partial charge in [0.25, 0.3) is 13.4 Å². The monoisotopic (exact) mass is 903 g/mol. The van der Waals surface area contributed by atoms with Crippen molar-refractivity contribution >= 4 is 107 Å². The second-order valence-electron chi connectivity index (χ2n) is 19.8. The van der Waals surface area contributed by atoms with Gasteiger partial charge in [-0.15, -0.1) is 0 Å². The number of rotatable bonds is 8. The van der Waals surface area contributed by atoms with Gasteiger partial charge in [0.15, 0.2) is 22.7 Å². The Balaban J connectivity index is 1.05. The highest BCUT2D eigenvalue weighted by molar-refractivity contribution is 7.04. The molecule has 332 valence electrons. The number of aryl methyl sites for hydroxylation is 2. The molecule has 9 aromatic carbocycles. The predicted octanol–water partition coefficient (Wildman–Crippen LogP) is 13.0. The fraction of sp³-hybridized carbons (Fsp3) is 0.129. The lowest BCUT2D eigenvalue weighted by molar-refractivity contribution is 0.462. The van der Waals surface area contributed by atoms with Crippen LogP contribution in [0.25, 0.3) is 66.1 Å². The Labute approximate surface area is 405 Å². The van der Waals surface area contributed by atoms with Gasteiger partial charge in [-0.3, -0.25) is 0 Å². The number of para-hydroxylation sites is 2. The van der Waals surface area contributed by atoms with Gasteiger partial charge < -0.3 is 27.9 Å². The molecule has 7 heterocycles. The summed E-state index contributed by atoms with van der Waals surface area (Å²) >= 11 is 0. The average Bonchev–Trinajstić information content (AvgIpc) is 3.97. The lowest BCUT2D eigenvalue weighted by Gasteiger charge is -2.49. The van der Waals surface area contributed by atoms with Gasteiger partial charge in [0.05, 0.1) is 11.4 Å². The number of ether oxygens (including phenoxy) is 3. The van der Waals surface area contributed by atoms with Gasteiger partial charge in [-0.1, -0.05) is 160 Å². The van der Waals surface area contributed by atoms with E-state index < -0.39 is 0 Å². The molecule has 0 unspecified atom stereocenters. The highest BCUT2D eigenvalue weighted by Crippen LogP contribution is 2.59. The predicted molar refractivity (Wildman–Crippen MR) is 286 cm³/mol. The molecule has 0 saturated carbocycles. The molecule has 70 heavy (non-hydrogen) atoms. The minimum atomic E-state index is -0.202. The molecule has 0 spiro atoms. The summed E-state index contributed by atoms with van der Waals surface area (Å²) in [4.78, 5) is 2.48. The zero-order chi connectivity index (χ0) is 45.9. The van der Waals surface area contributed by atoms with Crippen LogP contribution in [0.5, 0.6) is 34.5 Å². The molecule has 5 aliphatic heterocycles. The molecule has 8 heteroatoms. The number of hydrogen-bond acceptors (Lipinski definition) is 6. The van der Waals surface area contributed by atoms with Crippen molar-refractivity contribution in [2.45, 2.75) is 52.4 Å². The Morgan fingerprint density at radius 1 is 0.414 bits per heavy atom. The molecular weight excluding hydrogens is 860 g/mol. The third-order valence-corrected chi connectivity index (χ3v) is 15.9. The fourth-order valence-corrected chi connectivity index (χ4v) is 12.8. The number of hydrogen-bond donors (Lipinski definition) is 0. The maximum Gasteiger partial charge on any atom is 0.256 e. The maximum absolute atomic E-state index is 7.68. The van der Waals surface area contributed by atoms with Crippen molar-refractivity contribution in [3.8, 4) is 56.8 Å². The second kappa shape index (κ2) is 14.2. The normalized spacial score (nSPS) is 13.9. The number of benzene rings is 9. The van der Waals surface area contributed by atoms with Crippen molar-refractivity contribution < 1.29 is 23.0 Å². The molecular formula is C62H43B2NO5. The van der Waals surface area contributed by atoms with E-state index in [0.717, 1.165) is 177 Å². The summed E-state index contributed by atoms with van der Waals surface area (Å²) in [6.07, 6.45) is 6.51. The number of unbranched alkanes of at least 4 members (excludes halogenated alkanes) is 2. The first-order chi connectivity index (χ1) is 34.6. The van der Waals surface area contributed by atoms with Gasteiger partial charge in [0, 0.05) is 44.4 Å². The van der Waals surface area contributed by atoms with Crippen LogP contribution in [-0.4, -0.2) is 13.4 Å². The number of anilines is 3. The summed E-state index contributed by atoms with van der Waals surface area (Å²) in [6.45, 7) is 4.08. The summed E-state index contributed by atoms with van der Waals surface area (Å²) in [6, 6.07) is 54.9. The molecule has 0 bridgehead atoms. The summed E-state index contributed by atoms with van der Waals surface area (Å²) < 4.78 is 36.7. The molecule has 0 atom stereocenters. The van der Waals surface area contributed by atoms with E-state index in [9.17, 15) is 0 Å². The van der Waals surface area contributed by atoms with Crippen LogP contribution < -0.4 is 51.9 Å². The molecule has 0 radical (unpaired) electrons. The summed E-state index contributed by atoms with van der Waals surface area (Å²) in [5.74, 6) is 4.69. The highest BCUT2D eigenvalue weighted by atomic mass is 16.5. The Hall–Kier alpha value is -8.09. The van der Waals surface area contributed by atoms with E-state index >= 15 is 0 Å². The van der Waals surface area contributed by atoms with Crippen molar-refractivity contribution in [3.05, 3.63) is 163 Å². The van der Waals surface area contributed by atoms with Crippen LogP contribution in [-0.2, 0) is 12.8 Å². The largest absolute Gasteiger partial charge is 0.458 e. The molecule has 0 N–H and O–H groups in total. The van der Waals surface area contributed by atoms with Crippen LogP contribution in [0.4, 0.5) is 17.1 Å². The molecule has 6 nitrogen and oxygen atoms in total. The zero-order valence-electron chi connectivity index (χ0n) is 38.8. The summed E-state index contributed by atoms with van der Waals surface area (Å²) in [5, 5.41) is 4.21. The fourth-order valence-electron chi connectivity index (χ4n) is 12.8. The van der Waals surface area contributed by atoms with Gasteiger partial charge in [0.2, 0.25) is 0 Å². The van der Waals surface area contributed by atoms with Gasteiger partial charge >= 0.3 is 0 Å². The smallest absolute Gasteiger partial charge is 0.256 e. The van der Waals surface area contributed by atoms with Crippen LogP contribution in [0.2, 0.25) is 0 Å². The average molecular weight is 904 g/mol. The zero-order valence-corrected chi connectivity index (χ0v) is 38.8. The third kappa shape index (κ3) is 5.10. The van der Waals surface area contributed by atoms with Crippen LogP contribution >= 0.6 is 0 Å². The lowest BCUT2D eigenvalue weighted by Crippen LogP contribution is -2.67. The van der Waals surface area contributed by atoms with Gasteiger partial charge in [0.1, 0.15) is 34.2 Å². The van der Waals surface area contributed by atoms with Gasteiger partial charge in [-0.2, -0.15) is 0 Å². The van der Waals surface area contributed by atoms with Crippen LogP contribution in [0.3, 0.4) is 0 Å². The molecule has 5 aliphatic rings. The van der Waals surface area contributed by atoms with E-state index in [2.05, 4.69) is 170 Å². The van der Waals surface area contributed by atoms with Crippen molar-refractivity contribution in [2.75, 3.05) is 4.90 Å².